The van der Waals surface area contributed by atoms with E-state index in [0.717, 1.165) is 29.9 Å². The molecular formula is C19H24B2N2O4S3. The molecule has 158 valence electrons. The van der Waals surface area contributed by atoms with E-state index >= 15 is 0 Å². The Balaban J connectivity index is 1.48. The molecule has 5 heterocycles. The molecule has 0 saturated carbocycles. The molecule has 3 aliphatic heterocycles. The van der Waals surface area contributed by atoms with E-state index in [2.05, 4.69) is 64.2 Å². The van der Waals surface area contributed by atoms with E-state index in [1.807, 2.05) is 6.07 Å². The number of fused-ring (bicyclic) bond motifs is 3. The number of rotatable bonds is 2. The summed E-state index contributed by atoms with van der Waals surface area (Å²) in [5, 5.41) is 4.43. The zero-order valence-corrected chi connectivity index (χ0v) is 20.6. The predicted molar refractivity (Wildman–Crippen MR) is 125 cm³/mol. The first-order valence-corrected chi connectivity index (χ1v) is 12.4. The molecule has 0 amide bonds. The van der Waals surface area contributed by atoms with Gasteiger partial charge in [0.05, 0.1) is 37.6 Å². The summed E-state index contributed by atoms with van der Waals surface area (Å²) >= 11 is 4.73. The SMILES string of the molecule is CC1OB(c2cc3c(s2)-c2sc(B4OC(C)(C)C(C)(C)O4)cc2N=NS3)OC1(C)C. The van der Waals surface area contributed by atoms with Crippen LogP contribution in [0.3, 0.4) is 0 Å². The van der Waals surface area contributed by atoms with Crippen molar-refractivity contribution in [1.29, 1.82) is 0 Å². The van der Waals surface area contributed by atoms with E-state index in [-0.39, 0.29) is 30.0 Å². The van der Waals surface area contributed by atoms with Crippen molar-refractivity contribution in [2.45, 2.75) is 76.3 Å². The van der Waals surface area contributed by atoms with E-state index in [0.29, 0.717) is 0 Å². The van der Waals surface area contributed by atoms with Crippen molar-refractivity contribution in [3.05, 3.63) is 12.1 Å². The smallest absolute Gasteiger partial charge is 0.401 e. The topological polar surface area (TPSA) is 61.6 Å². The van der Waals surface area contributed by atoms with Gasteiger partial charge in [0.15, 0.2) is 0 Å². The summed E-state index contributed by atoms with van der Waals surface area (Å²) in [6.07, 6.45) is 0.0315. The highest BCUT2D eigenvalue weighted by Gasteiger charge is 2.52. The van der Waals surface area contributed by atoms with Crippen LogP contribution in [0, 0.1) is 0 Å². The molecule has 0 bridgehead atoms. The van der Waals surface area contributed by atoms with Gasteiger partial charge < -0.3 is 18.6 Å². The van der Waals surface area contributed by atoms with E-state index in [9.17, 15) is 0 Å². The van der Waals surface area contributed by atoms with Crippen molar-refractivity contribution in [3.63, 3.8) is 0 Å². The molecule has 3 aliphatic rings. The maximum Gasteiger partial charge on any atom is 0.505 e. The van der Waals surface area contributed by atoms with Gasteiger partial charge in [-0.15, -0.1) is 32.3 Å². The summed E-state index contributed by atoms with van der Waals surface area (Å²) in [6, 6.07) is 4.15. The number of hydrogen-bond acceptors (Lipinski definition) is 9. The van der Waals surface area contributed by atoms with Crippen molar-refractivity contribution in [3.8, 4) is 9.75 Å². The van der Waals surface area contributed by atoms with Crippen molar-refractivity contribution in [2.75, 3.05) is 0 Å². The minimum absolute atomic E-state index is 0.0315. The van der Waals surface area contributed by atoms with Gasteiger partial charge in [-0.1, -0.05) is 0 Å². The van der Waals surface area contributed by atoms with Crippen LogP contribution in [0.5, 0.6) is 0 Å². The summed E-state index contributed by atoms with van der Waals surface area (Å²) in [5.74, 6) is 0. The normalized spacial score (nSPS) is 26.0. The average molecular weight is 462 g/mol. The summed E-state index contributed by atoms with van der Waals surface area (Å²) in [5.41, 5.74) is -0.209. The lowest BCUT2D eigenvalue weighted by Crippen LogP contribution is -2.41. The molecule has 2 saturated heterocycles. The Morgan fingerprint density at radius 1 is 0.867 bits per heavy atom. The molecular weight excluding hydrogens is 438 g/mol. The molecule has 0 radical (unpaired) electrons. The zero-order valence-electron chi connectivity index (χ0n) is 18.1. The van der Waals surface area contributed by atoms with Crippen LogP contribution < -0.4 is 9.55 Å². The highest BCUT2D eigenvalue weighted by Crippen LogP contribution is 2.48. The van der Waals surface area contributed by atoms with Gasteiger partial charge >= 0.3 is 14.2 Å². The monoisotopic (exact) mass is 462 g/mol. The lowest BCUT2D eigenvalue weighted by atomic mass is 9.88. The molecule has 1 atom stereocenters. The summed E-state index contributed by atoms with van der Waals surface area (Å²) < 4.78 is 31.1. The quantitative estimate of drug-likeness (QED) is 0.475. The molecule has 0 aromatic carbocycles. The predicted octanol–water partition coefficient (Wildman–Crippen LogP) is 4.79. The molecule has 2 fully saturated rings. The number of thiophene rings is 2. The van der Waals surface area contributed by atoms with Crippen molar-refractivity contribution in [1.82, 2.24) is 0 Å². The Morgan fingerprint density at radius 2 is 1.50 bits per heavy atom. The third kappa shape index (κ3) is 3.34. The molecule has 11 heteroatoms. The van der Waals surface area contributed by atoms with Gasteiger partial charge in [-0.25, -0.2) is 0 Å². The van der Waals surface area contributed by atoms with Crippen LogP contribution in [0.4, 0.5) is 5.69 Å². The van der Waals surface area contributed by atoms with Crippen LogP contribution in [0.2, 0.25) is 0 Å². The minimum atomic E-state index is -0.402. The van der Waals surface area contributed by atoms with Crippen LogP contribution in [-0.2, 0) is 18.6 Å². The summed E-state index contributed by atoms with van der Waals surface area (Å²) in [4.78, 5) is 3.31. The Hall–Kier alpha value is -0.680. The van der Waals surface area contributed by atoms with Gasteiger partial charge in [0.1, 0.15) is 5.69 Å². The Kier molecular flexibility index (Phi) is 4.88. The van der Waals surface area contributed by atoms with Crippen LogP contribution in [0.1, 0.15) is 48.5 Å². The molecule has 2 aromatic heterocycles. The van der Waals surface area contributed by atoms with Crippen molar-refractivity contribution < 1.29 is 18.6 Å². The molecule has 0 aliphatic carbocycles. The average Bonchev–Trinajstić information content (AvgIpc) is 3.32. The second kappa shape index (κ2) is 6.91. The minimum Gasteiger partial charge on any atom is -0.401 e. The van der Waals surface area contributed by atoms with Crippen molar-refractivity contribution in [2.24, 2.45) is 9.63 Å². The van der Waals surface area contributed by atoms with E-state index in [1.165, 1.54) is 11.9 Å². The standard InChI is InChI=1S/C19H24B2N2O4S3/c1-10-17(2,3)25-20(24-10)14-9-12-16(29-14)15-11(22-23-30-12)8-13(28-15)21-26-18(4,5)19(6,7)27-21/h8-10H,1-7H3. The first kappa shape index (κ1) is 21.2. The molecule has 0 N–H and O–H groups in total. The van der Waals surface area contributed by atoms with Gasteiger partial charge in [-0.05, 0) is 60.6 Å². The molecule has 2 aromatic rings. The van der Waals surface area contributed by atoms with E-state index in [4.69, 9.17) is 18.6 Å². The summed E-state index contributed by atoms with van der Waals surface area (Å²) in [6.45, 7) is 14.4. The van der Waals surface area contributed by atoms with Crippen LogP contribution >= 0.6 is 34.6 Å². The highest BCUT2D eigenvalue weighted by atomic mass is 32.2. The first-order chi connectivity index (χ1) is 14.0. The summed E-state index contributed by atoms with van der Waals surface area (Å²) in [7, 11) is -0.753. The first-order valence-electron chi connectivity index (χ1n) is 10.0. The molecule has 5 rings (SSSR count). The third-order valence-corrected chi connectivity index (χ3v) is 9.66. The highest BCUT2D eigenvalue weighted by molar-refractivity contribution is 7.98. The second-order valence-corrected chi connectivity index (χ2v) is 12.4. The van der Waals surface area contributed by atoms with Crippen LogP contribution in [0.25, 0.3) is 9.75 Å². The Morgan fingerprint density at radius 3 is 2.13 bits per heavy atom. The van der Waals surface area contributed by atoms with Gasteiger partial charge in [0, 0.05) is 21.5 Å². The molecule has 6 nitrogen and oxygen atoms in total. The Bertz CT molecular complexity index is 1020. The Labute approximate surface area is 190 Å². The fourth-order valence-corrected chi connectivity index (χ4v) is 6.61. The molecule has 1 unspecified atom stereocenters. The van der Waals surface area contributed by atoms with Gasteiger partial charge in [-0.2, -0.15) is 0 Å². The van der Waals surface area contributed by atoms with Gasteiger partial charge in [-0.3, -0.25) is 0 Å². The van der Waals surface area contributed by atoms with Crippen molar-refractivity contribution >= 4 is 64.1 Å². The maximum atomic E-state index is 6.24. The number of nitrogens with zero attached hydrogens (tertiary/aromatic N) is 2. The van der Waals surface area contributed by atoms with E-state index in [1.54, 1.807) is 22.7 Å². The zero-order chi connectivity index (χ0) is 21.5. The second-order valence-electron chi connectivity index (χ2n) is 9.40. The third-order valence-electron chi connectivity index (χ3n) is 6.38. The molecule has 30 heavy (non-hydrogen) atoms. The fourth-order valence-electron chi connectivity index (χ4n) is 3.43. The van der Waals surface area contributed by atoms with Crippen LogP contribution in [0.15, 0.2) is 26.7 Å². The largest absolute Gasteiger partial charge is 0.505 e. The lowest BCUT2D eigenvalue weighted by Gasteiger charge is -2.32. The fraction of sp³-hybridized carbons (Fsp3) is 0.579. The lowest BCUT2D eigenvalue weighted by molar-refractivity contribution is 0.00578. The van der Waals surface area contributed by atoms with Gasteiger partial charge in [0.25, 0.3) is 0 Å². The maximum absolute atomic E-state index is 6.24. The van der Waals surface area contributed by atoms with E-state index < -0.39 is 7.12 Å². The van der Waals surface area contributed by atoms with Gasteiger partial charge in [0.2, 0.25) is 0 Å². The molecule has 0 spiro atoms. The number of hydrogen-bond donors (Lipinski definition) is 0. The van der Waals surface area contributed by atoms with Crippen LogP contribution in [-0.4, -0.2) is 37.1 Å².